The van der Waals surface area contributed by atoms with Gasteiger partial charge in [0, 0.05) is 18.7 Å². The first-order chi connectivity index (χ1) is 12.7. The first kappa shape index (κ1) is 16.0. The maximum atomic E-state index is 13.1. The number of fused-ring (bicyclic) bond motifs is 2. The van der Waals surface area contributed by atoms with Crippen LogP contribution >= 0.6 is 0 Å². The molecule has 3 fully saturated rings. The summed E-state index contributed by atoms with van der Waals surface area (Å²) in [5, 5.41) is 4.10. The molecule has 0 unspecified atom stereocenters. The number of hydrogen-bond donors (Lipinski definition) is 0. The Bertz CT molecular complexity index is 813. The monoisotopic (exact) mass is 355 g/mol. The number of carbonyl (C=O) groups excluding carboxylic acids is 1. The first-order valence-corrected chi connectivity index (χ1v) is 9.59. The number of likely N-dealkylation sites (tertiary alicyclic amines) is 1. The Hall–Kier alpha value is -2.24. The molecule has 6 heteroatoms. The van der Waals surface area contributed by atoms with Gasteiger partial charge in [-0.3, -0.25) is 4.79 Å². The molecule has 1 aromatic carbocycles. The highest BCUT2D eigenvalue weighted by Gasteiger charge is 2.54. The lowest BCUT2D eigenvalue weighted by molar-refractivity contribution is -0.137. The Morgan fingerprint density at radius 2 is 1.85 bits per heavy atom. The topological polar surface area (TPSA) is 59.2 Å². The van der Waals surface area contributed by atoms with E-state index in [1.165, 1.54) is 12.1 Å². The maximum Gasteiger partial charge on any atom is 0.231 e. The second-order valence-electron chi connectivity index (χ2n) is 7.88. The van der Waals surface area contributed by atoms with E-state index < -0.39 is 0 Å². The molecule has 1 amide bonds. The smallest absolute Gasteiger partial charge is 0.231 e. The van der Waals surface area contributed by atoms with Crippen molar-refractivity contribution in [2.75, 3.05) is 13.1 Å². The van der Waals surface area contributed by atoms with E-state index >= 15 is 0 Å². The SMILES string of the molecule is O=C([C@H]1[C@H]2CC[C@H](C2)[C@@H]1c1nc(-c2ccc(F)cc2)no1)N1CCCC1. The Morgan fingerprint density at radius 1 is 1.12 bits per heavy atom. The lowest BCUT2D eigenvalue weighted by Gasteiger charge is -2.30. The fraction of sp³-hybridized carbons (Fsp3) is 0.550. The van der Waals surface area contributed by atoms with Crippen LogP contribution in [0.25, 0.3) is 11.4 Å². The minimum absolute atomic E-state index is 0.0200. The van der Waals surface area contributed by atoms with Crippen molar-refractivity contribution >= 4 is 5.91 Å². The molecule has 2 aromatic rings. The average Bonchev–Trinajstić information content (AvgIpc) is 3.45. The van der Waals surface area contributed by atoms with E-state index in [4.69, 9.17) is 4.52 Å². The van der Waals surface area contributed by atoms with E-state index in [1.807, 2.05) is 4.90 Å². The molecule has 0 spiro atoms. The summed E-state index contributed by atoms with van der Waals surface area (Å²) in [5.74, 6) is 1.95. The summed E-state index contributed by atoms with van der Waals surface area (Å²) in [6.45, 7) is 1.76. The number of aromatic nitrogens is 2. The summed E-state index contributed by atoms with van der Waals surface area (Å²) in [5.41, 5.74) is 0.729. The van der Waals surface area contributed by atoms with Crippen LogP contribution in [0.1, 0.15) is 43.9 Å². The average molecular weight is 355 g/mol. The Kier molecular flexibility index (Phi) is 3.80. The second kappa shape index (κ2) is 6.18. The molecule has 4 atom stereocenters. The van der Waals surface area contributed by atoms with E-state index in [1.54, 1.807) is 12.1 Å². The third-order valence-corrected chi connectivity index (χ3v) is 6.45. The summed E-state index contributed by atoms with van der Waals surface area (Å²) in [4.78, 5) is 19.8. The largest absolute Gasteiger partial charge is 0.342 e. The van der Waals surface area contributed by atoms with Gasteiger partial charge in [0.05, 0.1) is 11.8 Å². The summed E-state index contributed by atoms with van der Waals surface area (Å²) in [7, 11) is 0. The van der Waals surface area contributed by atoms with Crippen molar-refractivity contribution < 1.29 is 13.7 Å². The van der Waals surface area contributed by atoms with Crippen molar-refractivity contribution in [3.63, 3.8) is 0 Å². The number of rotatable bonds is 3. The molecular weight excluding hydrogens is 333 g/mol. The van der Waals surface area contributed by atoms with Crippen LogP contribution in [0.15, 0.2) is 28.8 Å². The molecule has 1 aromatic heterocycles. The highest BCUT2D eigenvalue weighted by Crippen LogP contribution is 2.57. The normalized spacial score (nSPS) is 30.3. The van der Waals surface area contributed by atoms with Crippen LogP contribution in [0, 0.1) is 23.6 Å². The molecule has 26 heavy (non-hydrogen) atoms. The van der Waals surface area contributed by atoms with Crippen LogP contribution in [0.5, 0.6) is 0 Å². The summed E-state index contributed by atoms with van der Waals surface area (Å²) in [6, 6.07) is 6.08. The Morgan fingerprint density at radius 3 is 2.62 bits per heavy atom. The van der Waals surface area contributed by atoms with Crippen LogP contribution in [-0.4, -0.2) is 34.0 Å². The molecule has 5 rings (SSSR count). The number of halogens is 1. The van der Waals surface area contributed by atoms with E-state index in [2.05, 4.69) is 10.1 Å². The second-order valence-corrected chi connectivity index (χ2v) is 7.88. The van der Waals surface area contributed by atoms with Gasteiger partial charge in [0.25, 0.3) is 0 Å². The van der Waals surface area contributed by atoms with Crippen molar-refractivity contribution in [2.45, 2.75) is 38.0 Å². The predicted octanol–water partition coefficient (Wildman–Crippen LogP) is 3.63. The van der Waals surface area contributed by atoms with Gasteiger partial charge >= 0.3 is 0 Å². The van der Waals surface area contributed by atoms with Crippen molar-refractivity contribution in [1.29, 1.82) is 0 Å². The first-order valence-electron chi connectivity index (χ1n) is 9.59. The zero-order valence-electron chi connectivity index (χ0n) is 14.6. The van der Waals surface area contributed by atoms with Crippen LogP contribution < -0.4 is 0 Å². The van der Waals surface area contributed by atoms with Crippen molar-refractivity contribution in [3.8, 4) is 11.4 Å². The van der Waals surface area contributed by atoms with Gasteiger partial charge in [-0.25, -0.2) is 4.39 Å². The summed E-state index contributed by atoms with van der Waals surface area (Å²) in [6.07, 6.45) is 5.56. The van der Waals surface area contributed by atoms with E-state index in [9.17, 15) is 9.18 Å². The zero-order chi connectivity index (χ0) is 17.7. The fourth-order valence-corrected chi connectivity index (χ4v) is 5.24. The lowest BCUT2D eigenvalue weighted by Crippen LogP contribution is -2.39. The molecule has 0 N–H and O–H groups in total. The summed E-state index contributed by atoms with van der Waals surface area (Å²) < 4.78 is 18.7. The fourth-order valence-electron chi connectivity index (χ4n) is 5.24. The van der Waals surface area contributed by atoms with Crippen LogP contribution in [0.3, 0.4) is 0 Å². The standard InChI is InChI=1S/C20H22FN3O2/c21-15-7-5-12(6-8-15)18-22-19(26-23-18)16-13-3-4-14(11-13)17(16)20(25)24-9-1-2-10-24/h5-8,13-14,16-17H,1-4,9-11H2/t13-,14+,16+,17+/m1/s1. The highest BCUT2D eigenvalue weighted by molar-refractivity contribution is 5.81. The van der Waals surface area contributed by atoms with Gasteiger partial charge in [-0.1, -0.05) is 5.16 Å². The van der Waals surface area contributed by atoms with Crippen molar-refractivity contribution in [1.82, 2.24) is 15.0 Å². The molecule has 2 bridgehead atoms. The Labute approximate surface area is 151 Å². The number of benzene rings is 1. The van der Waals surface area contributed by atoms with Gasteiger partial charge in [0.15, 0.2) is 0 Å². The minimum Gasteiger partial charge on any atom is -0.342 e. The highest BCUT2D eigenvalue weighted by atomic mass is 19.1. The molecular formula is C20H22FN3O2. The van der Waals surface area contributed by atoms with Gasteiger partial charge < -0.3 is 9.42 Å². The number of carbonyl (C=O) groups is 1. The molecule has 2 aliphatic carbocycles. The third kappa shape index (κ3) is 2.54. The molecule has 2 heterocycles. The number of nitrogens with zero attached hydrogens (tertiary/aromatic N) is 3. The quantitative estimate of drug-likeness (QED) is 0.844. The van der Waals surface area contributed by atoms with Gasteiger partial charge in [0.2, 0.25) is 17.6 Å². The minimum atomic E-state index is -0.290. The third-order valence-electron chi connectivity index (χ3n) is 6.45. The van der Waals surface area contributed by atoms with Crippen LogP contribution in [0.4, 0.5) is 4.39 Å². The zero-order valence-corrected chi connectivity index (χ0v) is 14.6. The maximum absolute atomic E-state index is 13.1. The van der Waals surface area contributed by atoms with Crippen LogP contribution in [0.2, 0.25) is 0 Å². The molecule has 2 saturated carbocycles. The van der Waals surface area contributed by atoms with Crippen molar-refractivity contribution in [3.05, 3.63) is 36.0 Å². The van der Waals surface area contributed by atoms with Gasteiger partial charge in [-0.2, -0.15) is 4.98 Å². The molecule has 0 radical (unpaired) electrons. The van der Waals surface area contributed by atoms with E-state index in [0.717, 1.165) is 50.8 Å². The van der Waals surface area contributed by atoms with Gasteiger partial charge in [-0.05, 0) is 68.2 Å². The van der Waals surface area contributed by atoms with E-state index in [0.29, 0.717) is 23.6 Å². The molecule has 3 aliphatic rings. The number of hydrogen-bond acceptors (Lipinski definition) is 4. The molecule has 1 saturated heterocycles. The lowest BCUT2D eigenvalue weighted by atomic mass is 9.78. The van der Waals surface area contributed by atoms with E-state index in [-0.39, 0.29) is 23.6 Å². The van der Waals surface area contributed by atoms with Crippen LogP contribution in [-0.2, 0) is 4.79 Å². The predicted molar refractivity (Wildman–Crippen MR) is 92.6 cm³/mol. The summed E-state index contributed by atoms with van der Waals surface area (Å²) >= 11 is 0. The van der Waals surface area contributed by atoms with Gasteiger partial charge in [0.1, 0.15) is 5.82 Å². The molecule has 5 nitrogen and oxygen atoms in total. The van der Waals surface area contributed by atoms with Crippen molar-refractivity contribution in [2.24, 2.45) is 17.8 Å². The number of amides is 1. The molecule has 1 aliphatic heterocycles. The molecule has 136 valence electrons. The van der Waals surface area contributed by atoms with Gasteiger partial charge in [-0.15, -0.1) is 0 Å². The Balaban J connectivity index is 1.44.